The van der Waals surface area contributed by atoms with Crippen LogP contribution in [0.4, 0.5) is 8.78 Å². The van der Waals surface area contributed by atoms with Crippen molar-refractivity contribution in [1.82, 2.24) is 4.57 Å². The largest absolute Gasteiger partial charge is 0.343 e. The second kappa shape index (κ2) is 4.89. The first-order chi connectivity index (χ1) is 9.65. The summed E-state index contributed by atoms with van der Waals surface area (Å²) in [5, 5.41) is 9.16. The number of aromatic nitrogens is 1. The number of fused-ring (bicyclic) bond motifs is 1. The summed E-state index contributed by atoms with van der Waals surface area (Å²) in [5.74, 6) is -1.69. The number of para-hydroxylation sites is 1. The van der Waals surface area contributed by atoms with Crippen molar-refractivity contribution in [2.24, 2.45) is 0 Å². The van der Waals surface area contributed by atoms with E-state index >= 15 is 0 Å². The summed E-state index contributed by atoms with van der Waals surface area (Å²) in [5.41, 5.74) is 1.57. The summed E-state index contributed by atoms with van der Waals surface area (Å²) < 4.78 is 28.1. The summed E-state index contributed by atoms with van der Waals surface area (Å²) in [4.78, 5) is 0. The third kappa shape index (κ3) is 2.20. The molecule has 100 valence electrons. The van der Waals surface area contributed by atoms with Crippen molar-refractivity contribution < 1.29 is 8.78 Å². The lowest BCUT2D eigenvalue weighted by atomic mass is 10.1. The third-order valence-corrected chi connectivity index (χ3v) is 3.26. The predicted molar refractivity (Wildman–Crippen MR) is 73.3 cm³/mol. The van der Waals surface area contributed by atoms with Gasteiger partial charge in [-0.15, -0.1) is 0 Å². The zero-order chi connectivity index (χ0) is 14.1. The van der Waals surface area contributed by atoms with Crippen LogP contribution >= 0.6 is 0 Å². The molecule has 4 heteroatoms. The van der Waals surface area contributed by atoms with Gasteiger partial charge in [-0.25, -0.2) is 8.78 Å². The van der Waals surface area contributed by atoms with Crippen LogP contribution in [0, 0.1) is 17.0 Å². The molecule has 20 heavy (non-hydrogen) atoms. The second-order valence-electron chi connectivity index (χ2n) is 4.62. The van der Waals surface area contributed by atoms with Crippen LogP contribution in [0.2, 0.25) is 0 Å². The van der Waals surface area contributed by atoms with Crippen molar-refractivity contribution in [3.8, 4) is 0 Å². The van der Waals surface area contributed by atoms with Gasteiger partial charge < -0.3 is 9.98 Å². The van der Waals surface area contributed by atoms with Crippen molar-refractivity contribution >= 4 is 10.9 Å². The van der Waals surface area contributed by atoms with Gasteiger partial charge in [0.25, 0.3) is 0 Å². The maximum atomic E-state index is 13.2. The lowest BCUT2D eigenvalue weighted by molar-refractivity contribution is 0.506. The smallest absolute Gasteiger partial charge is 0.159 e. The molecule has 0 aliphatic carbocycles. The number of rotatable bonds is 2. The average molecular weight is 270 g/mol. The summed E-state index contributed by atoms with van der Waals surface area (Å²) in [6, 6.07) is 13.1. The van der Waals surface area contributed by atoms with Crippen molar-refractivity contribution in [3.63, 3.8) is 0 Å². The minimum absolute atomic E-state index is 0.429. The Morgan fingerprint density at radius 2 is 1.75 bits per heavy atom. The van der Waals surface area contributed by atoms with Crippen LogP contribution in [0.15, 0.2) is 54.7 Å². The Morgan fingerprint density at radius 1 is 0.950 bits per heavy atom. The van der Waals surface area contributed by atoms with Crippen LogP contribution in [0.3, 0.4) is 0 Å². The van der Waals surface area contributed by atoms with Crippen LogP contribution in [0.1, 0.15) is 5.56 Å². The van der Waals surface area contributed by atoms with E-state index in [0.717, 1.165) is 17.0 Å². The molecule has 0 saturated carbocycles. The van der Waals surface area contributed by atoms with Gasteiger partial charge in [0.05, 0.1) is 10.9 Å². The van der Waals surface area contributed by atoms with Gasteiger partial charge in [0.2, 0.25) is 0 Å². The SMILES string of the molecule is N=c1ccn(Cc2ccc(F)c(F)c2)c2ccccc12. The molecule has 0 radical (unpaired) electrons. The fourth-order valence-electron chi connectivity index (χ4n) is 2.26. The fraction of sp³-hybridized carbons (Fsp3) is 0.0625. The molecule has 0 fully saturated rings. The van der Waals surface area contributed by atoms with Gasteiger partial charge in [0.15, 0.2) is 11.6 Å². The van der Waals surface area contributed by atoms with E-state index in [2.05, 4.69) is 0 Å². The molecule has 1 N–H and O–H groups in total. The molecule has 0 aliphatic rings. The highest BCUT2D eigenvalue weighted by Crippen LogP contribution is 2.14. The third-order valence-electron chi connectivity index (χ3n) is 3.26. The van der Waals surface area contributed by atoms with Gasteiger partial charge in [-0.3, -0.25) is 0 Å². The van der Waals surface area contributed by atoms with Gasteiger partial charge in [-0.05, 0) is 29.8 Å². The van der Waals surface area contributed by atoms with E-state index in [4.69, 9.17) is 5.41 Å². The summed E-state index contributed by atoms with van der Waals surface area (Å²) in [6.45, 7) is 0.429. The zero-order valence-electron chi connectivity index (χ0n) is 10.6. The molecule has 1 heterocycles. The normalized spacial score (nSPS) is 10.9. The van der Waals surface area contributed by atoms with E-state index in [9.17, 15) is 8.78 Å². The number of benzene rings is 2. The van der Waals surface area contributed by atoms with Gasteiger partial charge in [-0.2, -0.15) is 0 Å². The topological polar surface area (TPSA) is 28.8 Å². The number of nitrogens with one attached hydrogen (secondary N) is 1. The Balaban J connectivity index is 2.09. The first kappa shape index (κ1) is 12.5. The first-order valence-electron chi connectivity index (χ1n) is 6.22. The van der Waals surface area contributed by atoms with E-state index in [0.29, 0.717) is 17.5 Å². The van der Waals surface area contributed by atoms with Crippen LogP contribution in [0.25, 0.3) is 10.9 Å². The van der Waals surface area contributed by atoms with Crippen LogP contribution in [-0.4, -0.2) is 4.57 Å². The molecule has 0 saturated heterocycles. The average Bonchev–Trinajstić information content (AvgIpc) is 2.46. The van der Waals surface area contributed by atoms with E-state index in [1.165, 1.54) is 6.07 Å². The lowest BCUT2D eigenvalue weighted by Gasteiger charge is -2.11. The number of pyridine rings is 1. The Morgan fingerprint density at radius 3 is 2.55 bits per heavy atom. The Bertz CT molecular complexity index is 837. The standard InChI is InChI=1S/C16H12F2N2/c17-13-6-5-11(9-14(13)18)10-20-8-7-15(19)12-3-1-2-4-16(12)20/h1-9,19H,10H2. The summed E-state index contributed by atoms with van der Waals surface area (Å²) >= 11 is 0. The Hall–Kier alpha value is -2.49. The van der Waals surface area contributed by atoms with Crippen molar-refractivity contribution in [2.45, 2.75) is 6.54 Å². The zero-order valence-corrected chi connectivity index (χ0v) is 10.6. The minimum Gasteiger partial charge on any atom is -0.343 e. The van der Waals surface area contributed by atoms with Crippen molar-refractivity contribution in [3.05, 3.63) is 77.3 Å². The van der Waals surface area contributed by atoms with Crippen LogP contribution in [-0.2, 0) is 6.54 Å². The molecule has 0 spiro atoms. The molecular weight excluding hydrogens is 258 g/mol. The van der Waals surface area contributed by atoms with Crippen molar-refractivity contribution in [1.29, 1.82) is 5.41 Å². The fourth-order valence-corrected chi connectivity index (χ4v) is 2.26. The molecule has 2 nitrogen and oxygen atoms in total. The molecule has 3 aromatic rings. The number of halogens is 2. The minimum atomic E-state index is -0.843. The highest BCUT2D eigenvalue weighted by Gasteiger charge is 2.05. The van der Waals surface area contributed by atoms with Crippen LogP contribution < -0.4 is 5.36 Å². The van der Waals surface area contributed by atoms with E-state index in [1.54, 1.807) is 18.3 Å². The molecule has 3 rings (SSSR count). The molecule has 0 atom stereocenters. The first-order valence-corrected chi connectivity index (χ1v) is 6.22. The Labute approximate surface area is 114 Å². The Kier molecular flexibility index (Phi) is 3.06. The van der Waals surface area contributed by atoms with Gasteiger partial charge in [0, 0.05) is 18.1 Å². The lowest BCUT2D eigenvalue weighted by Crippen LogP contribution is -2.09. The van der Waals surface area contributed by atoms with Crippen molar-refractivity contribution in [2.75, 3.05) is 0 Å². The van der Waals surface area contributed by atoms with E-state index in [1.807, 2.05) is 28.8 Å². The van der Waals surface area contributed by atoms with Gasteiger partial charge in [0.1, 0.15) is 0 Å². The molecule has 1 aromatic heterocycles. The molecular formula is C16H12F2N2. The van der Waals surface area contributed by atoms with E-state index in [-0.39, 0.29) is 0 Å². The van der Waals surface area contributed by atoms with Crippen LogP contribution in [0.5, 0.6) is 0 Å². The predicted octanol–water partition coefficient (Wildman–Crippen LogP) is 3.45. The maximum Gasteiger partial charge on any atom is 0.159 e. The monoisotopic (exact) mass is 270 g/mol. The molecule has 0 amide bonds. The number of hydrogen-bond acceptors (Lipinski definition) is 1. The molecule has 0 aliphatic heterocycles. The number of hydrogen-bond donors (Lipinski definition) is 1. The second-order valence-corrected chi connectivity index (χ2v) is 4.62. The van der Waals surface area contributed by atoms with Gasteiger partial charge >= 0.3 is 0 Å². The highest BCUT2D eigenvalue weighted by atomic mass is 19.2. The quantitative estimate of drug-likeness (QED) is 0.739. The van der Waals surface area contributed by atoms with Gasteiger partial charge in [-0.1, -0.05) is 24.3 Å². The van der Waals surface area contributed by atoms with E-state index < -0.39 is 11.6 Å². The summed E-state index contributed by atoms with van der Waals surface area (Å²) in [7, 11) is 0. The maximum absolute atomic E-state index is 13.2. The highest BCUT2D eigenvalue weighted by molar-refractivity contribution is 5.78. The molecule has 2 aromatic carbocycles. The molecule has 0 bridgehead atoms. The molecule has 0 unspecified atom stereocenters. The number of nitrogens with zero attached hydrogens (tertiary/aromatic N) is 1. The summed E-state index contributed by atoms with van der Waals surface area (Å²) in [6.07, 6.45) is 1.78.